The molecule has 13 heteroatoms. The largest absolute Gasteiger partial charge is 0.390 e. The molecule has 0 fully saturated rings. The van der Waals surface area contributed by atoms with E-state index in [1.54, 1.807) is 20.8 Å². The zero-order chi connectivity index (χ0) is 24.4. The van der Waals surface area contributed by atoms with Crippen molar-refractivity contribution in [3.8, 4) is 0 Å². The topological polar surface area (TPSA) is 109 Å². The first kappa shape index (κ1) is 25.9. The number of aryl methyl sites for hydroxylation is 2. The van der Waals surface area contributed by atoms with E-state index in [1.807, 2.05) is 0 Å². The number of nitrogens with zero attached hydrogens (tertiary/aromatic N) is 3. The van der Waals surface area contributed by atoms with Crippen LogP contribution in [0.1, 0.15) is 30.7 Å². The number of methoxy groups -OCH3 is 2. The van der Waals surface area contributed by atoms with E-state index >= 15 is 0 Å². The maximum absolute atomic E-state index is 12.9. The van der Waals surface area contributed by atoms with Crippen LogP contribution >= 0.6 is 11.3 Å². The first-order valence-electron chi connectivity index (χ1n) is 9.81. The van der Waals surface area contributed by atoms with Crippen LogP contribution in [0.25, 0.3) is 10.2 Å². The SMILES string of the molecule is CCn1c(=O)c2c(C)c(CN(C(N)=O)C(C)C(OC)OC)sc2n(CCC(F)(F)F)c1=O. The number of hydrogen-bond acceptors (Lipinski definition) is 6. The molecule has 2 amide bonds. The number of fused-ring (bicyclic) bond motifs is 1. The molecule has 0 aliphatic rings. The molecule has 0 saturated carbocycles. The molecule has 9 nitrogen and oxygen atoms in total. The van der Waals surface area contributed by atoms with Gasteiger partial charge in [0.2, 0.25) is 0 Å². The van der Waals surface area contributed by atoms with Gasteiger partial charge in [0, 0.05) is 32.2 Å². The number of thiophene rings is 1. The quantitative estimate of drug-likeness (QED) is 0.555. The van der Waals surface area contributed by atoms with Gasteiger partial charge in [-0.1, -0.05) is 0 Å². The number of urea groups is 1. The first-order valence-corrected chi connectivity index (χ1v) is 10.6. The number of primary amides is 1. The van der Waals surface area contributed by atoms with Gasteiger partial charge in [0.15, 0.2) is 6.29 Å². The van der Waals surface area contributed by atoms with Crippen molar-refractivity contribution >= 4 is 27.6 Å². The minimum Gasteiger partial charge on any atom is -0.354 e. The zero-order valence-electron chi connectivity index (χ0n) is 18.5. The molecular formula is C19H27F3N4O5S. The Bertz CT molecular complexity index is 1090. The van der Waals surface area contributed by atoms with Crippen LogP contribution in [0.3, 0.4) is 0 Å². The van der Waals surface area contributed by atoms with Gasteiger partial charge in [0.1, 0.15) is 4.83 Å². The summed E-state index contributed by atoms with van der Waals surface area (Å²) in [6.45, 7) is 4.21. The highest BCUT2D eigenvalue weighted by Crippen LogP contribution is 2.31. The van der Waals surface area contributed by atoms with E-state index in [0.717, 1.165) is 20.5 Å². The van der Waals surface area contributed by atoms with Crippen LogP contribution in [0, 0.1) is 6.92 Å². The van der Waals surface area contributed by atoms with Crippen molar-refractivity contribution in [2.45, 2.75) is 65.3 Å². The lowest BCUT2D eigenvalue weighted by Crippen LogP contribution is -2.48. The fraction of sp³-hybridized carbons (Fsp3) is 0.632. The lowest BCUT2D eigenvalue weighted by Gasteiger charge is -2.31. The zero-order valence-corrected chi connectivity index (χ0v) is 19.3. The molecule has 2 heterocycles. The standard InChI is InChI=1S/C19H27F3N4O5S/c1-6-24-14(27)13-10(2)12(9-26(17(23)28)11(3)16(30-4)31-5)32-15(13)25(18(24)29)8-7-19(20,21)22/h11,16H,6-9H2,1-5H3,(H2,23,28). The van der Waals surface area contributed by atoms with Crippen molar-refractivity contribution in [2.75, 3.05) is 14.2 Å². The number of alkyl halides is 3. The molecule has 0 aliphatic carbocycles. The molecule has 0 aliphatic heterocycles. The summed E-state index contributed by atoms with van der Waals surface area (Å²) in [5.74, 6) is 0. The molecule has 0 aromatic carbocycles. The minimum absolute atomic E-state index is 0.0120. The van der Waals surface area contributed by atoms with Gasteiger partial charge < -0.3 is 20.1 Å². The van der Waals surface area contributed by atoms with Crippen LogP contribution in [0.5, 0.6) is 0 Å². The molecule has 1 atom stereocenters. The molecule has 0 bridgehead atoms. The van der Waals surface area contributed by atoms with Crippen LogP contribution in [0.15, 0.2) is 9.59 Å². The number of aromatic nitrogens is 2. The van der Waals surface area contributed by atoms with Crippen molar-refractivity contribution < 1.29 is 27.4 Å². The van der Waals surface area contributed by atoms with Crippen molar-refractivity contribution in [3.05, 3.63) is 31.3 Å². The van der Waals surface area contributed by atoms with Gasteiger partial charge in [-0.15, -0.1) is 11.3 Å². The summed E-state index contributed by atoms with van der Waals surface area (Å²) in [6.07, 6.45) is -6.47. The molecule has 0 radical (unpaired) electrons. The van der Waals surface area contributed by atoms with E-state index in [2.05, 4.69) is 0 Å². The van der Waals surface area contributed by atoms with E-state index in [0.29, 0.717) is 10.4 Å². The Balaban J connectivity index is 2.65. The van der Waals surface area contributed by atoms with Gasteiger partial charge in [0.25, 0.3) is 5.56 Å². The van der Waals surface area contributed by atoms with E-state index in [4.69, 9.17) is 15.2 Å². The van der Waals surface area contributed by atoms with Crippen LogP contribution in [-0.2, 0) is 29.1 Å². The second-order valence-electron chi connectivity index (χ2n) is 7.23. The fourth-order valence-corrected chi connectivity index (χ4v) is 4.83. The third kappa shape index (κ3) is 5.15. The highest BCUT2D eigenvalue weighted by Gasteiger charge is 2.30. The molecule has 2 aromatic heterocycles. The lowest BCUT2D eigenvalue weighted by molar-refractivity contribution is -0.136. The second-order valence-corrected chi connectivity index (χ2v) is 8.31. The second kappa shape index (κ2) is 10.0. The summed E-state index contributed by atoms with van der Waals surface area (Å²) in [7, 11) is 2.81. The highest BCUT2D eigenvalue weighted by molar-refractivity contribution is 7.18. The minimum atomic E-state index is -4.47. The predicted molar refractivity (Wildman–Crippen MR) is 114 cm³/mol. The average Bonchev–Trinajstić information content (AvgIpc) is 3.02. The number of amides is 2. The third-order valence-corrected chi connectivity index (χ3v) is 6.57. The summed E-state index contributed by atoms with van der Waals surface area (Å²) < 4.78 is 50.8. The lowest BCUT2D eigenvalue weighted by atomic mass is 10.2. The number of hydrogen-bond donors (Lipinski definition) is 1. The van der Waals surface area contributed by atoms with Crippen LogP contribution < -0.4 is 17.0 Å². The van der Waals surface area contributed by atoms with E-state index in [1.165, 1.54) is 19.1 Å². The molecule has 0 spiro atoms. The summed E-state index contributed by atoms with van der Waals surface area (Å²) in [5, 5.41) is 0.153. The summed E-state index contributed by atoms with van der Waals surface area (Å²) in [6, 6.07) is -1.37. The van der Waals surface area contributed by atoms with Crippen LogP contribution in [-0.4, -0.2) is 52.8 Å². The van der Waals surface area contributed by atoms with Gasteiger partial charge in [-0.25, -0.2) is 9.59 Å². The highest BCUT2D eigenvalue weighted by atomic mass is 32.1. The average molecular weight is 481 g/mol. The van der Waals surface area contributed by atoms with Gasteiger partial charge in [-0.2, -0.15) is 13.2 Å². The molecule has 1 unspecified atom stereocenters. The van der Waals surface area contributed by atoms with E-state index in [-0.39, 0.29) is 23.3 Å². The van der Waals surface area contributed by atoms with Crippen molar-refractivity contribution in [1.29, 1.82) is 0 Å². The summed E-state index contributed by atoms with van der Waals surface area (Å²) >= 11 is 0.990. The maximum Gasteiger partial charge on any atom is 0.390 e. The molecule has 0 saturated heterocycles. The van der Waals surface area contributed by atoms with Crippen molar-refractivity contribution in [2.24, 2.45) is 5.73 Å². The Labute approximate surface area is 186 Å². The predicted octanol–water partition coefficient (Wildman–Crippen LogP) is 2.39. The molecular weight excluding hydrogens is 453 g/mol. The van der Waals surface area contributed by atoms with Gasteiger partial charge >= 0.3 is 17.9 Å². The number of carbonyl (C=O) groups excluding carboxylic acids is 1. The van der Waals surface area contributed by atoms with Crippen molar-refractivity contribution in [1.82, 2.24) is 14.0 Å². The molecule has 180 valence electrons. The normalized spacial score (nSPS) is 13.2. The number of rotatable bonds is 9. The van der Waals surface area contributed by atoms with E-state index in [9.17, 15) is 27.6 Å². The number of halogens is 3. The monoisotopic (exact) mass is 480 g/mol. The Kier molecular flexibility index (Phi) is 8.12. The van der Waals surface area contributed by atoms with Crippen LogP contribution in [0.4, 0.5) is 18.0 Å². The number of carbonyl (C=O) groups is 1. The maximum atomic E-state index is 12.9. The van der Waals surface area contributed by atoms with Crippen molar-refractivity contribution in [3.63, 3.8) is 0 Å². The first-order chi connectivity index (χ1) is 14.9. The molecule has 2 N–H and O–H groups in total. The Morgan fingerprint density at radius 3 is 2.28 bits per heavy atom. The van der Waals surface area contributed by atoms with E-state index < -0.39 is 48.8 Å². The number of nitrogens with two attached hydrogens (primary N) is 1. The Hall–Kier alpha value is -2.38. The number of ether oxygens (including phenoxy) is 2. The van der Waals surface area contributed by atoms with Crippen LogP contribution in [0.2, 0.25) is 0 Å². The summed E-state index contributed by atoms with van der Waals surface area (Å²) in [4.78, 5) is 39.7. The smallest absolute Gasteiger partial charge is 0.354 e. The Morgan fingerprint density at radius 1 is 1.22 bits per heavy atom. The molecule has 2 rings (SSSR count). The van der Waals surface area contributed by atoms with Gasteiger partial charge in [-0.05, 0) is 26.3 Å². The molecule has 2 aromatic rings. The fourth-order valence-electron chi connectivity index (χ4n) is 3.52. The van der Waals surface area contributed by atoms with Gasteiger partial charge in [-0.3, -0.25) is 13.9 Å². The third-order valence-electron chi connectivity index (χ3n) is 5.28. The molecule has 32 heavy (non-hydrogen) atoms. The summed E-state index contributed by atoms with van der Waals surface area (Å²) in [5.41, 5.74) is 4.62. The Morgan fingerprint density at radius 2 is 1.81 bits per heavy atom. The van der Waals surface area contributed by atoms with Gasteiger partial charge in [0.05, 0.1) is 24.4 Å².